The number of hydrazone groups is 1. The van der Waals surface area contributed by atoms with E-state index >= 15 is 0 Å². The smallest absolute Gasteiger partial charge is 0.249 e. The van der Waals surface area contributed by atoms with E-state index in [-0.39, 0.29) is 5.56 Å². The molecule has 3 heterocycles. The molecule has 0 amide bonds. The van der Waals surface area contributed by atoms with Crippen LogP contribution in [0.5, 0.6) is 0 Å². The van der Waals surface area contributed by atoms with Crippen LogP contribution in [-0.4, -0.2) is 15.8 Å². The van der Waals surface area contributed by atoms with Gasteiger partial charge in [0, 0.05) is 28.1 Å². The summed E-state index contributed by atoms with van der Waals surface area (Å²) in [6.07, 6.45) is 0. The summed E-state index contributed by atoms with van der Waals surface area (Å²) in [6, 6.07) is 17.5. The van der Waals surface area contributed by atoms with Gasteiger partial charge in [0.05, 0.1) is 11.0 Å². The number of nitrogens with zero attached hydrogens (tertiary/aromatic N) is 1. The third-order valence-electron chi connectivity index (χ3n) is 4.35. The molecule has 7 nitrogen and oxygen atoms in total. The van der Waals surface area contributed by atoms with Crippen LogP contribution < -0.4 is 22.1 Å². The highest BCUT2D eigenvalue weighted by molar-refractivity contribution is 6.10. The first-order valence-electron chi connectivity index (χ1n) is 7.88. The van der Waals surface area contributed by atoms with Gasteiger partial charge in [-0.15, -0.1) is 10.6 Å². The van der Waals surface area contributed by atoms with Gasteiger partial charge in [0.25, 0.3) is 0 Å². The van der Waals surface area contributed by atoms with E-state index in [4.69, 9.17) is 0 Å². The monoisotopic (exact) mass is 330 g/mol. The van der Waals surface area contributed by atoms with Crippen molar-refractivity contribution >= 4 is 27.8 Å². The van der Waals surface area contributed by atoms with Gasteiger partial charge in [0.1, 0.15) is 0 Å². The number of amidine groups is 1. The third-order valence-corrected chi connectivity index (χ3v) is 4.35. The zero-order valence-corrected chi connectivity index (χ0v) is 13.1. The van der Waals surface area contributed by atoms with Gasteiger partial charge in [0.2, 0.25) is 5.56 Å². The Kier molecular flexibility index (Phi) is 2.88. The first-order chi connectivity index (χ1) is 12.3. The number of hydrogen-bond acceptors (Lipinski definition) is 5. The molecule has 25 heavy (non-hydrogen) atoms. The number of pyridine rings is 1. The van der Waals surface area contributed by atoms with E-state index in [0.717, 1.165) is 38.6 Å². The van der Waals surface area contributed by atoms with E-state index in [1.807, 2.05) is 48.5 Å². The summed E-state index contributed by atoms with van der Waals surface area (Å²) in [5, 5.41) is 5.13. The highest BCUT2D eigenvalue weighted by Gasteiger charge is 2.13. The molecule has 5 N–H and O–H groups in total. The summed E-state index contributed by atoms with van der Waals surface area (Å²) < 4.78 is 0. The maximum Gasteiger partial charge on any atom is 0.249 e. The van der Waals surface area contributed by atoms with E-state index < -0.39 is 0 Å². The molecule has 0 aliphatic carbocycles. The average molecular weight is 330 g/mol. The number of fused-ring (bicyclic) bond motifs is 3. The van der Waals surface area contributed by atoms with Gasteiger partial charge >= 0.3 is 0 Å². The molecule has 1 aliphatic heterocycles. The van der Waals surface area contributed by atoms with Crippen molar-refractivity contribution in [2.75, 3.05) is 0 Å². The number of H-pyrrole nitrogens is 2. The van der Waals surface area contributed by atoms with Gasteiger partial charge in [-0.3, -0.25) is 10.2 Å². The van der Waals surface area contributed by atoms with E-state index in [1.54, 1.807) is 6.07 Å². The number of para-hydroxylation sites is 1. The van der Waals surface area contributed by atoms with Crippen molar-refractivity contribution in [3.05, 3.63) is 70.5 Å². The van der Waals surface area contributed by atoms with Crippen LogP contribution in [0.3, 0.4) is 0 Å². The number of nitrogens with one attached hydrogen (secondary N) is 5. The molecule has 0 bridgehead atoms. The van der Waals surface area contributed by atoms with Crippen molar-refractivity contribution < 1.29 is 0 Å². The lowest BCUT2D eigenvalue weighted by atomic mass is 10.0. The SMILES string of the molecule is O=c1cc(-c2cccc(C3=NNNN3)c2)c2[nH]c3ccccc3c2[nH]1. The van der Waals surface area contributed by atoms with Gasteiger partial charge in [-0.05, 0) is 17.7 Å². The molecule has 4 aromatic rings. The predicted molar refractivity (Wildman–Crippen MR) is 97.8 cm³/mol. The Morgan fingerprint density at radius 2 is 1.72 bits per heavy atom. The highest BCUT2D eigenvalue weighted by Crippen LogP contribution is 2.30. The summed E-state index contributed by atoms with van der Waals surface area (Å²) in [5.41, 5.74) is 13.6. The molecule has 0 saturated carbocycles. The van der Waals surface area contributed by atoms with Crippen molar-refractivity contribution in [3.8, 4) is 11.1 Å². The number of hydrazine groups is 2. The van der Waals surface area contributed by atoms with E-state index in [1.165, 1.54) is 0 Å². The van der Waals surface area contributed by atoms with E-state index in [0.29, 0.717) is 5.84 Å². The minimum atomic E-state index is -0.127. The Labute approximate surface area is 141 Å². The Morgan fingerprint density at radius 1 is 0.840 bits per heavy atom. The van der Waals surface area contributed by atoms with Crippen LogP contribution in [0.25, 0.3) is 33.1 Å². The molecule has 2 aromatic carbocycles. The van der Waals surface area contributed by atoms with Crippen molar-refractivity contribution in [1.82, 2.24) is 26.5 Å². The molecule has 0 saturated heterocycles. The van der Waals surface area contributed by atoms with Gasteiger partial charge in [-0.2, -0.15) is 0 Å². The Hall–Kier alpha value is -3.58. The molecule has 122 valence electrons. The summed E-state index contributed by atoms with van der Waals surface area (Å²) in [6.45, 7) is 0. The van der Waals surface area contributed by atoms with Crippen LogP contribution in [0.2, 0.25) is 0 Å². The van der Waals surface area contributed by atoms with Crippen LogP contribution in [0, 0.1) is 0 Å². The zero-order chi connectivity index (χ0) is 16.8. The molecule has 7 heteroatoms. The lowest BCUT2D eigenvalue weighted by Crippen LogP contribution is -2.35. The molecule has 0 unspecified atom stereocenters. The molecule has 0 fully saturated rings. The van der Waals surface area contributed by atoms with Crippen LogP contribution in [-0.2, 0) is 0 Å². The average Bonchev–Trinajstić information content (AvgIpc) is 3.29. The van der Waals surface area contributed by atoms with Crippen LogP contribution in [0.15, 0.2) is 64.5 Å². The summed E-state index contributed by atoms with van der Waals surface area (Å²) in [4.78, 5) is 18.6. The quantitative estimate of drug-likeness (QED) is 0.388. The summed E-state index contributed by atoms with van der Waals surface area (Å²) in [5.74, 6) is 0.694. The number of aromatic amines is 2. The zero-order valence-electron chi connectivity index (χ0n) is 13.1. The Morgan fingerprint density at radius 3 is 2.60 bits per heavy atom. The molecule has 0 atom stereocenters. The van der Waals surface area contributed by atoms with Crippen molar-refractivity contribution in [2.45, 2.75) is 0 Å². The fraction of sp³-hybridized carbons (Fsp3) is 0. The predicted octanol–water partition coefficient (Wildman–Crippen LogP) is 1.95. The normalized spacial score (nSPS) is 13.7. The van der Waals surface area contributed by atoms with Gasteiger partial charge in [0.15, 0.2) is 5.84 Å². The second-order valence-electron chi connectivity index (χ2n) is 5.87. The molecule has 0 radical (unpaired) electrons. The van der Waals surface area contributed by atoms with Gasteiger partial charge in [-0.25, -0.2) is 5.53 Å². The minimum absolute atomic E-state index is 0.127. The summed E-state index contributed by atoms with van der Waals surface area (Å²) >= 11 is 0. The first-order valence-corrected chi connectivity index (χ1v) is 7.88. The largest absolute Gasteiger partial charge is 0.353 e. The number of aromatic nitrogens is 2. The Bertz CT molecular complexity index is 1200. The maximum atomic E-state index is 12.2. The first kappa shape index (κ1) is 13.8. The van der Waals surface area contributed by atoms with Crippen LogP contribution in [0.1, 0.15) is 5.56 Å². The molecule has 2 aromatic heterocycles. The number of hydrogen-bond donors (Lipinski definition) is 5. The van der Waals surface area contributed by atoms with Crippen molar-refractivity contribution in [1.29, 1.82) is 0 Å². The van der Waals surface area contributed by atoms with E-state index in [9.17, 15) is 4.79 Å². The molecular weight excluding hydrogens is 316 g/mol. The number of rotatable bonds is 2. The molecular formula is C18H14N6O. The summed E-state index contributed by atoms with van der Waals surface area (Å²) in [7, 11) is 0. The lowest BCUT2D eigenvalue weighted by molar-refractivity contribution is 0.577. The molecule has 5 rings (SSSR count). The topological polar surface area (TPSA) is 97.1 Å². The van der Waals surface area contributed by atoms with Gasteiger partial charge in [-0.1, -0.05) is 36.4 Å². The minimum Gasteiger partial charge on any atom is -0.353 e. The fourth-order valence-electron chi connectivity index (χ4n) is 3.23. The lowest BCUT2D eigenvalue weighted by Gasteiger charge is -2.06. The van der Waals surface area contributed by atoms with Crippen molar-refractivity contribution in [2.24, 2.45) is 5.10 Å². The highest BCUT2D eigenvalue weighted by atomic mass is 16.1. The maximum absolute atomic E-state index is 12.2. The van der Waals surface area contributed by atoms with Crippen molar-refractivity contribution in [3.63, 3.8) is 0 Å². The second-order valence-corrected chi connectivity index (χ2v) is 5.87. The third kappa shape index (κ3) is 2.18. The Balaban J connectivity index is 1.78. The van der Waals surface area contributed by atoms with E-state index in [2.05, 4.69) is 31.6 Å². The molecule has 1 aliphatic rings. The van der Waals surface area contributed by atoms with Gasteiger partial charge < -0.3 is 9.97 Å². The fourth-order valence-corrected chi connectivity index (χ4v) is 3.23. The second kappa shape index (κ2) is 5.22. The van der Waals surface area contributed by atoms with Crippen LogP contribution >= 0.6 is 0 Å². The standard InChI is InChI=1S/C18H14N6O/c25-15-9-13(10-4-3-5-11(8-10)18-21-23-24-22-18)17-16(20-15)12-6-1-2-7-14(12)19-17/h1-9,19,23-24H,(H,20,25)(H,21,22). The molecule has 0 spiro atoms. The number of benzene rings is 2. The van der Waals surface area contributed by atoms with Crippen LogP contribution in [0.4, 0.5) is 0 Å².